The van der Waals surface area contributed by atoms with Gasteiger partial charge in [-0.1, -0.05) is 38.2 Å². The highest BCUT2D eigenvalue weighted by atomic mass is 32.1. The van der Waals surface area contributed by atoms with Crippen LogP contribution in [0.25, 0.3) is 0 Å². The van der Waals surface area contributed by atoms with Crippen molar-refractivity contribution in [3.63, 3.8) is 0 Å². The van der Waals surface area contributed by atoms with E-state index in [1.165, 1.54) is 43.4 Å². The van der Waals surface area contributed by atoms with E-state index in [-0.39, 0.29) is 11.9 Å². The number of hydrogen-bond donors (Lipinski definition) is 1. The second-order valence-electron chi connectivity index (χ2n) is 6.75. The molecule has 2 heterocycles. The summed E-state index contributed by atoms with van der Waals surface area (Å²) in [5.41, 5.74) is 0. The van der Waals surface area contributed by atoms with Crippen LogP contribution in [0.3, 0.4) is 0 Å². The van der Waals surface area contributed by atoms with E-state index in [2.05, 4.69) is 5.32 Å². The molecule has 2 aliphatic rings. The van der Waals surface area contributed by atoms with Crippen molar-refractivity contribution in [2.45, 2.75) is 51.0 Å². The first-order valence-corrected chi connectivity index (χ1v) is 10.0. The molecule has 24 heavy (non-hydrogen) atoms. The summed E-state index contributed by atoms with van der Waals surface area (Å²) < 4.78 is 0. The van der Waals surface area contributed by atoms with Crippen LogP contribution >= 0.6 is 11.3 Å². The Morgan fingerprint density at radius 1 is 0.958 bits per heavy atom. The van der Waals surface area contributed by atoms with E-state index in [4.69, 9.17) is 0 Å². The zero-order chi connectivity index (χ0) is 16.8. The maximum absolute atomic E-state index is 12.5. The standard InChI is InChI=1S/C18H27N3O2S/c22-17(16-9-6-14-24-16)20-10-12-21(13-11-20)18(23)19-15-7-4-2-1-3-5-8-15/h6,9,14-15H,1-5,7-8,10-13H2,(H,19,23). The molecule has 0 atom stereocenters. The van der Waals surface area contributed by atoms with Gasteiger partial charge in [-0.2, -0.15) is 0 Å². The Labute approximate surface area is 148 Å². The minimum atomic E-state index is 0.0452. The highest BCUT2D eigenvalue weighted by molar-refractivity contribution is 7.12. The fraction of sp³-hybridized carbons (Fsp3) is 0.667. The quantitative estimate of drug-likeness (QED) is 0.890. The molecule has 1 N–H and O–H groups in total. The van der Waals surface area contributed by atoms with Crippen molar-refractivity contribution in [3.8, 4) is 0 Å². The summed E-state index contributed by atoms with van der Waals surface area (Å²) in [7, 11) is 0. The summed E-state index contributed by atoms with van der Waals surface area (Å²) in [6, 6.07) is 4.13. The molecule has 0 bridgehead atoms. The van der Waals surface area contributed by atoms with E-state index >= 15 is 0 Å². The van der Waals surface area contributed by atoms with E-state index in [9.17, 15) is 9.59 Å². The minimum absolute atomic E-state index is 0.0452. The van der Waals surface area contributed by atoms with Crippen molar-refractivity contribution < 1.29 is 9.59 Å². The van der Waals surface area contributed by atoms with Crippen LogP contribution in [-0.2, 0) is 0 Å². The Morgan fingerprint density at radius 3 is 2.21 bits per heavy atom. The van der Waals surface area contributed by atoms with Crippen molar-refractivity contribution in [3.05, 3.63) is 22.4 Å². The van der Waals surface area contributed by atoms with Crippen LogP contribution in [0, 0.1) is 0 Å². The number of piperazine rings is 1. The molecule has 1 aromatic heterocycles. The van der Waals surface area contributed by atoms with Gasteiger partial charge in [0, 0.05) is 32.2 Å². The molecular weight excluding hydrogens is 322 g/mol. The Bertz CT molecular complexity index is 530. The molecule has 6 heteroatoms. The molecule has 0 aromatic carbocycles. The van der Waals surface area contributed by atoms with Gasteiger partial charge in [-0.15, -0.1) is 11.3 Å². The highest BCUT2D eigenvalue weighted by Gasteiger charge is 2.26. The van der Waals surface area contributed by atoms with Crippen molar-refractivity contribution in [1.82, 2.24) is 15.1 Å². The maximum atomic E-state index is 12.5. The SMILES string of the molecule is O=C(NC1CCCCCCC1)N1CCN(C(=O)c2cccs2)CC1. The molecule has 2 fully saturated rings. The van der Waals surface area contributed by atoms with Crippen LogP contribution in [0.15, 0.2) is 17.5 Å². The van der Waals surface area contributed by atoms with Crippen molar-refractivity contribution in [1.29, 1.82) is 0 Å². The summed E-state index contributed by atoms with van der Waals surface area (Å²) in [5.74, 6) is 0.0880. The van der Waals surface area contributed by atoms with Crippen LogP contribution in [0.1, 0.15) is 54.6 Å². The van der Waals surface area contributed by atoms with Crippen LogP contribution in [0.5, 0.6) is 0 Å². The number of nitrogens with zero attached hydrogens (tertiary/aromatic N) is 2. The van der Waals surface area contributed by atoms with Gasteiger partial charge in [-0.3, -0.25) is 4.79 Å². The number of hydrogen-bond acceptors (Lipinski definition) is 3. The van der Waals surface area contributed by atoms with Gasteiger partial charge in [-0.05, 0) is 24.3 Å². The van der Waals surface area contributed by atoms with Gasteiger partial charge in [-0.25, -0.2) is 4.79 Å². The molecule has 1 aliphatic heterocycles. The second-order valence-corrected chi connectivity index (χ2v) is 7.70. The molecule has 1 saturated carbocycles. The van der Waals surface area contributed by atoms with E-state index in [1.807, 2.05) is 27.3 Å². The van der Waals surface area contributed by atoms with Crippen molar-refractivity contribution in [2.24, 2.45) is 0 Å². The molecule has 3 amide bonds. The maximum Gasteiger partial charge on any atom is 0.317 e. The zero-order valence-corrected chi connectivity index (χ0v) is 15.0. The van der Waals surface area contributed by atoms with Crippen molar-refractivity contribution in [2.75, 3.05) is 26.2 Å². The average molecular weight is 350 g/mol. The first-order chi connectivity index (χ1) is 11.7. The first kappa shape index (κ1) is 17.3. The number of rotatable bonds is 2. The fourth-order valence-corrected chi connectivity index (χ4v) is 4.23. The largest absolute Gasteiger partial charge is 0.335 e. The number of amides is 3. The molecule has 5 nitrogen and oxygen atoms in total. The molecule has 3 rings (SSSR count). The van der Waals surface area contributed by atoms with Gasteiger partial charge >= 0.3 is 6.03 Å². The number of thiophene rings is 1. The van der Waals surface area contributed by atoms with Gasteiger partial charge < -0.3 is 15.1 Å². The Balaban J connectivity index is 1.45. The van der Waals surface area contributed by atoms with Gasteiger partial charge in [0.25, 0.3) is 5.91 Å². The third-order valence-electron chi connectivity index (χ3n) is 5.02. The van der Waals surface area contributed by atoms with E-state index < -0.39 is 0 Å². The van der Waals surface area contributed by atoms with Crippen LogP contribution in [0.4, 0.5) is 4.79 Å². The van der Waals surface area contributed by atoms with Crippen molar-refractivity contribution >= 4 is 23.3 Å². The molecular formula is C18H27N3O2S. The third-order valence-corrected chi connectivity index (χ3v) is 5.88. The minimum Gasteiger partial charge on any atom is -0.335 e. The summed E-state index contributed by atoms with van der Waals surface area (Å²) in [5, 5.41) is 5.14. The lowest BCUT2D eigenvalue weighted by Crippen LogP contribution is -2.54. The second kappa shape index (κ2) is 8.51. The molecule has 1 saturated heterocycles. The highest BCUT2D eigenvalue weighted by Crippen LogP contribution is 2.18. The fourth-order valence-electron chi connectivity index (χ4n) is 3.54. The molecule has 132 valence electrons. The summed E-state index contributed by atoms with van der Waals surface area (Å²) in [4.78, 5) is 29.3. The van der Waals surface area contributed by atoms with Gasteiger partial charge in [0.15, 0.2) is 0 Å². The van der Waals surface area contributed by atoms with Crippen LogP contribution < -0.4 is 5.32 Å². The smallest absolute Gasteiger partial charge is 0.317 e. The predicted octanol–water partition coefficient (Wildman–Crippen LogP) is 3.33. The van der Waals surface area contributed by atoms with Gasteiger partial charge in [0.1, 0.15) is 0 Å². The van der Waals surface area contributed by atoms with E-state index in [1.54, 1.807) is 0 Å². The first-order valence-electron chi connectivity index (χ1n) is 9.12. The Hall–Kier alpha value is -1.56. The zero-order valence-electron chi connectivity index (χ0n) is 14.2. The normalized spacial score (nSPS) is 20.3. The lowest BCUT2D eigenvalue weighted by molar-refractivity contribution is 0.0667. The molecule has 0 spiro atoms. The predicted molar refractivity (Wildman–Crippen MR) is 96.4 cm³/mol. The summed E-state index contributed by atoms with van der Waals surface area (Å²) in [6.07, 6.45) is 8.54. The Morgan fingerprint density at radius 2 is 1.58 bits per heavy atom. The lowest BCUT2D eigenvalue weighted by atomic mass is 9.97. The van der Waals surface area contributed by atoms with Gasteiger partial charge in [0.2, 0.25) is 0 Å². The topological polar surface area (TPSA) is 52.7 Å². The molecule has 1 aromatic rings. The summed E-state index contributed by atoms with van der Waals surface area (Å²) >= 11 is 1.47. The monoisotopic (exact) mass is 349 g/mol. The number of carbonyl (C=O) groups is 2. The molecule has 0 unspecified atom stereocenters. The summed E-state index contributed by atoms with van der Waals surface area (Å²) in [6.45, 7) is 2.48. The number of nitrogens with one attached hydrogen (secondary N) is 1. The molecule has 1 aliphatic carbocycles. The lowest BCUT2D eigenvalue weighted by Gasteiger charge is -2.35. The van der Waals surface area contributed by atoms with Gasteiger partial charge in [0.05, 0.1) is 4.88 Å². The number of urea groups is 1. The van der Waals surface area contributed by atoms with Crippen LogP contribution in [0.2, 0.25) is 0 Å². The number of carbonyl (C=O) groups excluding carboxylic acids is 2. The van der Waals surface area contributed by atoms with E-state index in [0.29, 0.717) is 32.2 Å². The average Bonchev–Trinajstić information content (AvgIpc) is 3.11. The van der Waals surface area contributed by atoms with E-state index in [0.717, 1.165) is 17.7 Å². The third kappa shape index (κ3) is 4.50. The Kier molecular flexibility index (Phi) is 6.12. The molecule has 0 radical (unpaired) electrons. The van der Waals surface area contributed by atoms with Crippen LogP contribution in [-0.4, -0.2) is 54.0 Å².